The van der Waals surface area contributed by atoms with Crippen molar-refractivity contribution < 1.29 is 14.1 Å². The fraction of sp³-hybridized carbons (Fsp3) is 0.190. The fourth-order valence-electron chi connectivity index (χ4n) is 2.91. The first-order valence-electron chi connectivity index (χ1n) is 8.91. The zero-order valence-corrected chi connectivity index (χ0v) is 18.7. The molecule has 0 spiro atoms. The molecule has 1 N–H and O–H groups in total. The number of hydrogen-bond donors (Lipinski definition) is 1. The molecule has 0 bridgehead atoms. The zero-order valence-electron chi connectivity index (χ0n) is 16.4. The molecule has 0 saturated carbocycles. The molecule has 0 aliphatic rings. The summed E-state index contributed by atoms with van der Waals surface area (Å²) >= 11 is 18.6. The maximum absolute atomic E-state index is 12.0. The van der Waals surface area contributed by atoms with E-state index in [-0.39, 0.29) is 11.8 Å². The molecule has 0 atom stereocenters. The summed E-state index contributed by atoms with van der Waals surface area (Å²) in [4.78, 5) is 12.0. The Balaban J connectivity index is 1.69. The van der Waals surface area contributed by atoms with E-state index in [1.807, 2.05) is 39.0 Å². The Bertz CT molecular complexity index is 1080. The second kappa shape index (κ2) is 9.51. The number of ether oxygens (including phenoxy) is 1. The summed E-state index contributed by atoms with van der Waals surface area (Å²) in [6.45, 7) is 5.48. The Morgan fingerprint density at radius 1 is 1.10 bits per heavy atom. The average molecular weight is 467 g/mol. The second-order valence-electron chi connectivity index (χ2n) is 6.51. The largest absolute Gasteiger partial charge is 0.452 e. The Morgan fingerprint density at radius 3 is 2.37 bits per heavy atom. The van der Waals surface area contributed by atoms with Crippen LogP contribution < -0.4 is 5.43 Å². The van der Waals surface area contributed by atoms with Gasteiger partial charge in [-0.15, -0.1) is 0 Å². The molecule has 0 unspecified atom stereocenters. The number of hydrogen-bond acceptors (Lipinski definition) is 6. The SMILES string of the molecule is Cc1c(Cl)c(C)c(-c2cc(COC(=O)/C(Cl)=N/Nc3ccccc3)on2)c(C)c1Cl. The van der Waals surface area contributed by atoms with Gasteiger partial charge in [0, 0.05) is 21.7 Å². The van der Waals surface area contributed by atoms with E-state index >= 15 is 0 Å². The summed E-state index contributed by atoms with van der Waals surface area (Å²) in [5, 5.41) is 8.66. The molecule has 0 radical (unpaired) electrons. The molecule has 3 aromatic rings. The number of nitrogens with zero attached hydrogens (tertiary/aromatic N) is 2. The zero-order chi connectivity index (χ0) is 21.8. The number of esters is 1. The van der Waals surface area contributed by atoms with Crippen LogP contribution in [-0.4, -0.2) is 16.3 Å². The van der Waals surface area contributed by atoms with Crippen LogP contribution in [0.25, 0.3) is 11.3 Å². The molecule has 0 fully saturated rings. The summed E-state index contributed by atoms with van der Waals surface area (Å²) < 4.78 is 10.4. The van der Waals surface area contributed by atoms with Crippen LogP contribution >= 0.6 is 34.8 Å². The van der Waals surface area contributed by atoms with Crippen molar-refractivity contribution in [1.29, 1.82) is 0 Å². The van der Waals surface area contributed by atoms with E-state index in [1.54, 1.807) is 18.2 Å². The van der Waals surface area contributed by atoms with Gasteiger partial charge in [-0.2, -0.15) is 5.10 Å². The topological polar surface area (TPSA) is 76.7 Å². The first kappa shape index (κ1) is 22.2. The summed E-state index contributed by atoms with van der Waals surface area (Å²) in [5.74, 6) is -0.461. The molecule has 6 nitrogen and oxygen atoms in total. The highest BCUT2D eigenvalue weighted by Crippen LogP contribution is 2.39. The number of rotatable bonds is 6. The quantitative estimate of drug-likeness (QED) is 0.263. The highest BCUT2D eigenvalue weighted by atomic mass is 35.5. The number of benzene rings is 2. The Labute approximate surface area is 188 Å². The minimum absolute atomic E-state index is 0.158. The number of halogens is 3. The monoisotopic (exact) mass is 465 g/mol. The van der Waals surface area contributed by atoms with Crippen LogP contribution in [0, 0.1) is 20.8 Å². The van der Waals surface area contributed by atoms with E-state index in [0.717, 1.165) is 22.3 Å². The number of hydrazone groups is 1. The number of nitrogens with one attached hydrogen (secondary N) is 1. The van der Waals surface area contributed by atoms with E-state index in [0.29, 0.717) is 27.2 Å². The van der Waals surface area contributed by atoms with E-state index in [1.165, 1.54) is 0 Å². The Morgan fingerprint density at radius 2 is 1.73 bits per heavy atom. The van der Waals surface area contributed by atoms with Crippen LogP contribution in [0.3, 0.4) is 0 Å². The van der Waals surface area contributed by atoms with Gasteiger partial charge in [0.1, 0.15) is 5.69 Å². The van der Waals surface area contributed by atoms with Crippen LogP contribution in [0.15, 0.2) is 46.0 Å². The molecule has 156 valence electrons. The molecule has 3 rings (SSSR count). The van der Waals surface area contributed by atoms with Gasteiger partial charge in [0.25, 0.3) is 0 Å². The molecule has 0 aliphatic heterocycles. The fourth-order valence-corrected chi connectivity index (χ4v) is 3.43. The second-order valence-corrected chi connectivity index (χ2v) is 7.63. The molecule has 0 saturated heterocycles. The summed E-state index contributed by atoms with van der Waals surface area (Å²) in [5.41, 5.74) is 7.18. The van der Waals surface area contributed by atoms with Crippen LogP contribution in [0.2, 0.25) is 10.0 Å². The number of aromatic nitrogens is 1. The van der Waals surface area contributed by atoms with Crippen LogP contribution in [0.1, 0.15) is 22.5 Å². The van der Waals surface area contributed by atoms with Crippen molar-refractivity contribution in [3.63, 3.8) is 0 Å². The van der Waals surface area contributed by atoms with Crippen LogP contribution in [0.4, 0.5) is 5.69 Å². The van der Waals surface area contributed by atoms with E-state index in [4.69, 9.17) is 44.1 Å². The number of carbonyl (C=O) groups is 1. The molecule has 0 amide bonds. The number of carbonyl (C=O) groups excluding carboxylic acids is 1. The molecular formula is C21H18Cl3N3O3. The number of para-hydroxylation sites is 1. The average Bonchev–Trinajstić information content (AvgIpc) is 3.22. The van der Waals surface area contributed by atoms with Gasteiger partial charge in [-0.25, -0.2) is 4.79 Å². The minimum atomic E-state index is -0.799. The van der Waals surface area contributed by atoms with Gasteiger partial charge in [-0.1, -0.05) is 58.2 Å². The third-order valence-electron chi connectivity index (χ3n) is 4.45. The molecule has 9 heteroatoms. The first-order valence-corrected chi connectivity index (χ1v) is 10.0. The van der Waals surface area contributed by atoms with Gasteiger partial charge in [-0.3, -0.25) is 5.43 Å². The maximum Gasteiger partial charge on any atom is 0.371 e. The molecule has 1 aromatic heterocycles. The third kappa shape index (κ3) is 4.78. The normalized spacial score (nSPS) is 11.5. The van der Waals surface area contributed by atoms with E-state index < -0.39 is 5.97 Å². The third-order valence-corrected chi connectivity index (χ3v) is 5.83. The summed E-state index contributed by atoms with van der Waals surface area (Å²) in [6.07, 6.45) is 0. The summed E-state index contributed by atoms with van der Waals surface area (Å²) in [7, 11) is 0. The highest BCUT2D eigenvalue weighted by molar-refractivity contribution is 6.82. The van der Waals surface area contributed by atoms with E-state index in [2.05, 4.69) is 15.7 Å². The Kier molecular flexibility index (Phi) is 7.02. The van der Waals surface area contributed by atoms with Gasteiger partial charge in [0.05, 0.1) is 5.69 Å². The highest BCUT2D eigenvalue weighted by Gasteiger charge is 2.20. The van der Waals surface area contributed by atoms with E-state index in [9.17, 15) is 4.79 Å². The van der Waals surface area contributed by atoms with Crippen molar-refractivity contribution in [3.8, 4) is 11.3 Å². The molecule has 30 heavy (non-hydrogen) atoms. The van der Waals surface area contributed by atoms with Crippen LogP contribution in [0.5, 0.6) is 0 Å². The van der Waals surface area contributed by atoms with Crippen LogP contribution in [-0.2, 0) is 16.1 Å². The van der Waals surface area contributed by atoms with Gasteiger partial charge in [-0.05, 0) is 49.6 Å². The van der Waals surface area contributed by atoms with Crippen molar-refractivity contribution in [1.82, 2.24) is 5.16 Å². The maximum atomic E-state index is 12.0. The predicted molar refractivity (Wildman–Crippen MR) is 119 cm³/mol. The van der Waals surface area contributed by atoms with Crippen molar-refractivity contribution in [2.45, 2.75) is 27.4 Å². The van der Waals surface area contributed by atoms with Gasteiger partial charge in [0.2, 0.25) is 5.17 Å². The minimum Gasteiger partial charge on any atom is -0.452 e. The lowest BCUT2D eigenvalue weighted by atomic mass is 9.97. The molecule has 2 aromatic carbocycles. The van der Waals surface area contributed by atoms with Gasteiger partial charge in [0.15, 0.2) is 12.4 Å². The predicted octanol–water partition coefficient (Wildman–Crippen LogP) is 6.28. The molecule has 0 aliphatic carbocycles. The van der Waals surface area contributed by atoms with Gasteiger partial charge >= 0.3 is 5.97 Å². The molecule has 1 heterocycles. The van der Waals surface area contributed by atoms with Gasteiger partial charge < -0.3 is 9.26 Å². The molecular weight excluding hydrogens is 449 g/mol. The van der Waals surface area contributed by atoms with Crippen molar-refractivity contribution in [2.24, 2.45) is 5.10 Å². The lowest BCUT2D eigenvalue weighted by Crippen LogP contribution is -2.13. The first-order chi connectivity index (χ1) is 14.3. The smallest absolute Gasteiger partial charge is 0.371 e. The lowest BCUT2D eigenvalue weighted by Gasteiger charge is -2.14. The summed E-state index contributed by atoms with van der Waals surface area (Å²) in [6, 6.07) is 10.7. The Hall–Kier alpha value is -2.54. The van der Waals surface area contributed by atoms with Crippen molar-refractivity contribution in [3.05, 3.63) is 68.9 Å². The standard InChI is InChI=1S/C21H18Cl3N3O3/c1-11-17(12(2)19(23)13(3)18(11)22)16-9-15(30-27-16)10-29-21(28)20(24)26-25-14-7-5-4-6-8-14/h4-9,25H,10H2,1-3H3/b26-20-. The van der Waals surface area contributed by atoms with Crippen molar-refractivity contribution in [2.75, 3.05) is 5.43 Å². The lowest BCUT2D eigenvalue weighted by molar-refractivity contribution is -0.137. The van der Waals surface area contributed by atoms with Crippen molar-refractivity contribution >= 4 is 51.6 Å². The number of anilines is 1.